The number of hydrogen-bond acceptors (Lipinski definition) is 4. The lowest BCUT2D eigenvalue weighted by Gasteiger charge is -2.18. The third-order valence-corrected chi connectivity index (χ3v) is 3.14. The molecule has 1 fully saturated rings. The van der Waals surface area contributed by atoms with E-state index in [9.17, 15) is 9.59 Å². The Morgan fingerprint density at radius 1 is 1.50 bits per heavy atom. The van der Waals surface area contributed by atoms with Gasteiger partial charge >= 0.3 is 5.97 Å². The molecule has 0 bridgehead atoms. The summed E-state index contributed by atoms with van der Waals surface area (Å²) in [5.41, 5.74) is -0.0325. The molecule has 1 heterocycles. The number of carboxylic acids is 1. The van der Waals surface area contributed by atoms with E-state index >= 15 is 0 Å². The van der Waals surface area contributed by atoms with Crippen LogP contribution in [-0.2, 0) is 4.74 Å². The van der Waals surface area contributed by atoms with Gasteiger partial charge in [0.2, 0.25) is 0 Å². The van der Waals surface area contributed by atoms with Crippen molar-refractivity contribution in [2.24, 2.45) is 0 Å². The first-order valence-corrected chi connectivity index (χ1v) is 5.77. The number of methoxy groups -OCH3 is 1. The fourth-order valence-electron chi connectivity index (χ4n) is 2.18. The van der Waals surface area contributed by atoms with Crippen LogP contribution in [0.3, 0.4) is 0 Å². The van der Waals surface area contributed by atoms with Crippen LogP contribution < -0.4 is 5.32 Å². The normalized spacial score (nSPS) is 22.9. The van der Waals surface area contributed by atoms with Crippen LogP contribution in [0, 0.1) is 0 Å². The average Bonchev–Trinajstić information content (AvgIpc) is 2.96. The van der Waals surface area contributed by atoms with E-state index in [4.69, 9.17) is 14.3 Å². The Kier molecular flexibility index (Phi) is 3.66. The quantitative estimate of drug-likeness (QED) is 0.843. The maximum absolute atomic E-state index is 11.8. The van der Waals surface area contributed by atoms with E-state index < -0.39 is 11.9 Å². The van der Waals surface area contributed by atoms with Gasteiger partial charge in [0.15, 0.2) is 5.76 Å². The summed E-state index contributed by atoms with van der Waals surface area (Å²) in [6, 6.07) is 1.18. The second-order valence-corrected chi connectivity index (χ2v) is 4.29. The zero-order chi connectivity index (χ0) is 13.1. The fraction of sp³-hybridized carbons (Fsp3) is 0.500. The second-order valence-electron chi connectivity index (χ2n) is 4.29. The molecule has 2 rings (SSSR count). The van der Waals surface area contributed by atoms with Gasteiger partial charge in [0.25, 0.3) is 5.91 Å². The number of carboxylic acid groups (broad SMARTS) is 1. The number of nitrogens with one attached hydrogen (secondary N) is 1. The second kappa shape index (κ2) is 5.22. The number of ether oxygens (including phenoxy) is 1. The maximum Gasteiger partial charge on any atom is 0.338 e. The van der Waals surface area contributed by atoms with Crippen molar-refractivity contribution in [1.82, 2.24) is 5.32 Å². The van der Waals surface area contributed by atoms with Gasteiger partial charge in [-0.15, -0.1) is 0 Å². The standard InChI is InChI=1S/C12H15NO5/c1-17-9-4-2-3-8(9)13-11(14)10-5-7(6-18-10)12(15)16/h5-6,8-9H,2-4H2,1H3,(H,13,14)(H,15,16). The Bertz CT molecular complexity index is 453. The molecule has 2 atom stereocenters. The topological polar surface area (TPSA) is 88.8 Å². The molecule has 1 aliphatic rings. The molecule has 0 saturated heterocycles. The zero-order valence-electron chi connectivity index (χ0n) is 10.0. The van der Waals surface area contributed by atoms with Crippen molar-refractivity contribution >= 4 is 11.9 Å². The highest BCUT2D eigenvalue weighted by Gasteiger charge is 2.29. The molecule has 2 unspecified atom stereocenters. The Balaban J connectivity index is 2.00. The van der Waals surface area contributed by atoms with Crippen molar-refractivity contribution in [1.29, 1.82) is 0 Å². The number of carbonyl (C=O) groups excluding carboxylic acids is 1. The molecule has 18 heavy (non-hydrogen) atoms. The highest BCUT2D eigenvalue weighted by molar-refractivity contribution is 5.95. The summed E-state index contributed by atoms with van der Waals surface area (Å²) < 4.78 is 10.2. The van der Waals surface area contributed by atoms with E-state index in [0.717, 1.165) is 25.5 Å². The molecule has 0 aliphatic heterocycles. The molecule has 1 saturated carbocycles. The molecule has 1 amide bonds. The molecule has 0 aromatic carbocycles. The monoisotopic (exact) mass is 253 g/mol. The number of aromatic carboxylic acids is 1. The Hall–Kier alpha value is -1.82. The van der Waals surface area contributed by atoms with Gasteiger partial charge in [-0.05, 0) is 19.3 Å². The van der Waals surface area contributed by atoms with Crippen molar-refractivity contribution in [2.45, 2.75) is 31.4 Å². The molecule has 0 spiro atoms. The Labute approximate surface area is 104 Å². The summed E-state index contributed by atoms with van der Waals surface area (Å²) in [4.78, 5) is 22.5. The molecule has 0 radical (unpaired) electrons. The molecule has 6 heteroatoms. The van der Waals surface area contributed by atoms with Gasteiger partial charge in [0.1, 0.15) is 6.26 Å². The average molecular weight is 253 g/mol. The van der Waals surface area contributed by atoms with Gasteiger partial charge in [0, 0.05) is 13.2 Å². The minimum atomic E-state index is -1.12. The first kappa shape index (κ1) is 12.6. The third-order valence-electron chi connectivity index (χ3n) is 3.14. The van der Waals surface area contributed by atoms with E-state index in [1.54, 1.807) is 7.11 Å². The molecule has 1 aromatic rings. The molecule has 1 aliphatic carbocycles. The maximum atomic E-state index is 11.8. The van der Waals surface area contributed by atoms with Crippen molar-refractivity contribution < 1.29 is 23.8 Å². The number of hydrogen-bond donors (Lipinski definition) is 2. The van der Waals surface area contributed by atoms with Gasteiger partial charge in [-0.3, -0.25) is 4.79 Å². The summed E-state index contributed by atoms with van der Waals surface area (Å²) in [7, 11) is 1.62. The minimum Gasteiger partial charge on any atom is -0.478 e. The lowest BCUT2D eigenvalue weighted by Crippen LogP contribution is -2.40. The number of amides is 1. The van der Waals surface area contributed by atoms with E-state index in [2.05, 4.69) is 5.32 Å². The van der Waals surface area contributed by atoms with Crippen LogP contribution in [0.1, 0.15) is 40.2 Å². The number of carbonyl (C=O) groups is 2. The van der Waals surface area contributed by atoms with Crippen LogP contribution >= 0.6 is 0 Å². The molecular weight excluding hydrogens is 238 g/mol. The van der Waals surface area contributed by atoms with Crippen LogP contribution in [0.5, 0.6) is 0 Å². The predicted molar refractivity (Wildman–Crippen MR) is 61.6 cm³/mol. The van der Waals surface area contributed by atoms with E-state index in [0.29, 0.717) is 0 Å². The van der Waals surface area contributed by atoms with Crippen molar-refractivity contribution in [3.63, 3.8) is 0 Å². The van der Waals surface area contributed by atoms with Crippen LogP contribution in [-0.4, -0.2) is 36.2 Å². The summed E-state index contributed by atoms with van der Waals surface area (Å²) in [5.74, 6) is -1.51. The molecule has 6 nitrogen and oxygen atoms in total. The first-order valence-electron chi connectivity index (χ1n) is 5.77. The Morgan fingerprint density at radius 2 is 2.28 bits per heavy atom. The SMILES string of the molecule is COC1CCCC1NC(=O)c1cc(C(=O)O)co1. The van der Waals surface area contributed by atoms with Crippen LogP contribution in [0.25, 0.3) is 0 Å². The molecule has 98 valence electrons. The summed E-state index contributed by atoms with van der Waals surface area (Å²) in [6.07, 6.45) is 3.85. The predicted octanol–water partition coefficient (Wildman–Crippen LogP) is 1.28. The van der Waals surface area contributed by atoms with E-state index in [1.807, 2.05) is 0 Å². The zero-order valence-corrected chi connectivity index (χ0v) is 10.0. The van der Waals surface area contributed by atoms with Crippen LogP contribution in [0.4, 0.5) is 0 Å². The highest BCUT2D eigenvalue weighted by atomic mass is 16.5. The number of rotatable bonds is 4. The number of furan rings is 1. The summed E-state index contributed by atoms with van der Waals surface area (Å²) in [6.45, 7) is 0. The van der Waals surface area contributed by atoms with Crippen LogP contribution in [0.15, 0.2) is 16.7 Å². The fourth-order valence-corrected chi connectivity index (χ4v) is 2.18. The van der Waals surface area contributed by atoms with Crippen LogP contribution in [0.2, 0.25) is 0 Å². The third kappa shape index (κ3) is 2.53. The molecule has 2 N–H and O–H groups in total. The lowest BCUT2D eigenvalue weighted by molar-refractivity contribution is 0.0694. The Morgan fingerprint density at radius 3 is 2.89 bits per heavy atom. The highest BCUT2D eigenvalue weighted by Crippen LogP contribution is 2.22. The van der Waals surface area contributed by atoms with Crippen molar-refractivity contribution in [2.75, 3.05) is 7.11 Å². The van der Waals surface area contributed by atoms with Gasteiger partial charge in [-0.2, -0.15) is 0 Å². The summed E-state index contributed by atoms with van der Waals surface area (Å²) in [5, 5.41) is 11.5. The smallest absolute Gasteiger partial charge is 0.338 e. The first-order chi connectivity index (χ1) is 8.61. The van der Waals surface area contributed by atoms with Gasteiger partial charge in [0.05, 0.1) is 17.7 Å². The van der Waals surface area contributed by atoms with E-state index in [-0.39, 0.29) is 23.5 Å². The molecular formula is C12H15NO5. The van der Waals surface area contributed by atoms with Crippen molar-refractivity contribution in [3.8, 4) is 0 Å². The van der Waals surface area contributed by atoms with E-state index in [1.165, 1.54) is 6.07 Å². The largest absolute Gasteiger partial charge is 0.478 e. The lowest BCUT2D eigenvalue weighted by atomic mass is 10.2. The summed E-state index contributed by atoms with van der Waals surface area (Å²) >= 11 is 0. The molecule has 1 aromatic heterocycles. The minimum absolute atomic E-state index is 0.00848. The van der Waals surface area contributed by atoms with Crippen molar-refractivity contribution in [3.05, 3.63) is 23.7 Å². The van der Waals surface area contributed by atoms with Gasteiger partial charge < -0.3 is 19.6 Å². The van der Waals surface area contributed by atoms with Gasteiger partial charge in [-0.25, -0.2) is 4.79 Å². The van der Waals surface area contributed by atoms with Gasteiger partial charge in [-0.1, -0.05) is 0 Å².